The topological polar surface area (TPSA) is 72.5 Å². The summed E-state index contributed by atoms with van der Waals surface area (Å²) >= 11 is 0. The molecular formula is C14H15NO3. The van der Waals surface area contributed by atoms with E-state index >= 15 is 0 Å². The Bertz CT molecular complexity index is 532. The molecule has 1 unspecified atom stereocenters. The molecule has 0 saturated heterocycles. The molecule has 0 fully saturated rings. The number of methoxy groups -OCH3 is 1. The molecule has 18 heavy (non-hydrogen) atoms. The van der Waals surface area contributed by atoms with Crippen LogP contribution in [0.4, 0.5) is 5.69 Å². The number of allylic oxidation sites excluding steroid dienone is 4. The van der Waals surface area contributed by atoms with Crippen LogP contribution in [-0.2, 0) is 4.74 Å². The molecule has 0 amide bonds. The molecule has 0 saturated carbocycles. The Morgan fingerprint density at radius 2 is 2.22 bits per heavy atom. The van der Waals surface area contributed by atoms with E-state index < -0.39 is 5.97 Å². The average molecular weight is 245 g/mol. The van der Waals surface area contributed by atoms with Crippen LogP contribution in [-0.4, -0.2) is 18.2 Å². The lowest BCUT2D eigenvalue weighted by atomic mass is 9.90. The summed E-state index contributed by atoms with van der Waals surface area (Å²) in [6.45, 7) is 0. The van der Waals surface area contributed by atoms with Crippen LogP contribution in [0.15, 0.2) is 36.4 Å². The molecular weight excluding hydrogens is 230 g/mol. The number of carbonyl (C=O) groups is 1. The summed E-state index contributed by atoms with van der Waals surface area (Å²) in [7, 11) is 1.28. The van der Waals surface area contributed by atoms with Crippen LogP contribution >= 0.6 is 0 Å². The van der Waals surface area contributed by atoms with Gasteiger partial charge in [-0.2, -0.15) is 0 Å². The fourth-order valence-corrected chi connectivity index (χ4v) is 2.03. The number of hydrogen-bond acceptors (Lipinski definition) is 4. The lowest BCUT2D eigenvalue weighted by Crippen LogP contribution is -2.07. The Kier molecular flexibility index (Phi) is 3.37. The zero-order valence-corrected chi connectivity index (χ0v) is 10.1. The van der Waals surface area contributed by atoms with Crippen molar-refractivity contribution in [1.82, 2.24) is 0 Å². The van der Waals surface area contributed by atoms with Gasteiger partial charge in [-0.25, -0.2) is 4.79 Å². The van der Waals surface area contributed by atoms with Crippen molar-refractivity contribution in [3.05, 3.63) is 47.6 Å². The van der Waals surface area contributed by atoms with Gasteiger partial charge in [0.2, 0.25) is 0 Å². The van der Waals surface area contributed by atoms with Crippen LogP contribution in [0.3, 0.4) is 0 Å². The maximum Gasteiger partial charge on any atom is 0.341 e. The maximum absolute atomic E-state index is 11.5. The third-order valence-corrected chi connectivity index (χ3v) is 2.99. The molecule has 0 aliphatic heterocycles. The van der Waals surface area contributed by atoms with Gasteiger partial charge < -0.3 is 15.6 Å². The first-order chi connectivity index (χ1) is 8.63. The molecule has 4 nitrogen and oxygen atoms in total. The molecule has 1 atom stereocenters. The van der Waals surface area contributed by atoms with Gasteiger partial charge in [0.05, 0.1) is 7.11 Å². The lowest BCUT2D eigenvalue weighted by Gasteiger charge is -2.17. The van der Waals surface area contributed by atoms with E-state index in [1.165, 1.54) is 13.2 Å². The minimum atomic E-state index is -0.566. The lowest BCUT2D eigenvalue weighted by molar-refractivity contribution is 0.0597. The van der Waals surface area contributed by atoms with Gasteiger partial charge in [0.1, 0.15) is 11.3 Å². The summed E-state index contributed by atoms with van der Waals surface area (Å²) in [5, 5.41) is 9.70. The van der Waals surface area contributed by atoms with Crippen molar-refractivity contribution >= 4 is 11.7 Å². The van der Waals surface area contributed by atoms with Crippen LogP contribution in [0.5, 0.6) is 5.75 Å². The highest BCUT2D eigenvalue weighted by Gasteiger charge is 2.18. The molecule has 1 aliphatic carbocycles. The predicted molar refractivity (Wildman–Crippen MR) is 69.5 cm³/mol. The second-order valence-electron chi connectivity index (χ2n) is 4.15. The van der Waals surface area contributed by atoms with Crippen LogP contribution in [0, 0.1) is 0 Å². The summed E-state index contributed by atoms with van der Waals surface area (Å²) in [5.74, 6) is -0.596. The second-order valence-corrected chi connectivity index (χ2v) is 4.15. The van der Waals surface area contributed by atoms with Gasteiger partial charge in [0.25, 0.3) is 0 Å². The highest BCUT2D eigenvalue weighted by atomic mass is 16.5. The number of rotatable bonds is 2. The minimum absolute atomic E-state index is 0.124. The Labute approximate surface area is 105 Å². The van der Waals surface area contributed by atoms with E-state index in [2.05, 4.69) is 4.74 Å². The molecule has 94 valence electrons. The first-order valence-electron chi connectivity index (χ1n) is 5.67. The molecule has 1 aliphatic rings. The molecule has 1 aromatic carbocycles. The largest absolute Gasteiger partial charge is 0.507 e. The number of nitrogens with two attached hydrogens (primary N) is 1. The SMILES string of the molecule is COC(=O)c1cc(C2C=CC=CC2)c(N)cc1O. The monoisotopic (exact) mass is 245 g/mol. The fraction of sp³-hybridized carbons (Fsp3) is 0.214. The van der Waals surface area contributed by atoms with E-state index in [9.17, 15) is 9.90 Å². The first kappa shape index (κ1) is 12.2. The molecule has 0 heterocycles. The van der Waals surface area contributed by atoms with Crippen molar-refractivity contribution in [3.63, 3.8) is 0 Å². The molecule has 3 N–H and O–H groups in total. The summed E-state index contributed by atoms with van der Waals surface area (Å²) in [5.41, 5.74) is 7.34. The van der Waals surface area contributed by atoms with Gasteiger partial charge >= 0.3 is 5.97 Å². The number of benzene rings is 1. The van der Waals surface area contributed by atoms with Crippen molar-refractivity contribution in [3.8, 4) is 5.75 Å². The molecule has 2 rings (SSSR count). The number of carbonyl (C=O) groups excluding carboxylic acids is 1. The van der Waals surface area contributed by atoms with Crippen LogP contribution in [0.2, 0.25) is 0 Å². The molecule has 1 aromatic rings. The fourth-order valence-electron chi connectivity index (χ4n) is 2.03. The van der Waals surface area contributed by atoms with Crippen LogP contribution < -0.4 is 5.73 Å². The molecule has 0 bridgehead atoms. The Hall–Kier alpha value is -2.23. The number of ether oxygens (including phenoxy) is 1. The van der Waals surface area contributed by atoms with Crippen molar-refractivity contribution in [2.24, 2.45) is 0 Å². The van der Waals surface area contributed by atoms with E-state index in [0.717, 1.165) is 12.0 Å². The zero-order chi connectivity index (χ0) is 13.1. The number of esters is 1. The normalized spacial score (nSPS) is 17.7. The Balaban J connectivity index is 2.44. The van der Waals surface area contributed by atoms with E-state index in [1.807, 2.05) is 24.3 Å². The van der Waals surface area contributed by atoms with Gasteiger partial charge in [-0.1, -0.05) is 24.3 Å². The van der Waals surface area contributed by atoms with Crippen molar-refractivity contribution in [2.45, 2.75) is 12.3 Å². The van der Waals surface area contributed by atoms with Crippen molar-refractivity contribution in [1.29, 1.82) is 0 Å². The Morgan fingerprint density at radius 3 is 2.83 bits per heavy atom. The van der Waals surface area contributed by atoms with E-state index in [1.54, 1.807) is 6.07 Å². The smallest absolute Gasteiger partial charge is 0.341 e. The van der Waals surface area contributed by atoms with Gasteiger partial charge in [-0.05, 0) is 18.1 Å². The van der Waals surface area contributed by atoms with Gasteiger partial charge in [0.15, 0.2) is 0 Å². The third-order valence-electron chi connectivity index (χ3n) is 2.99. The Morgan fingerprint density at radius 1 is 1.44 bits per heavy atom. The van der Waals surface area contributed by atoms with Crippen molar-refractivity contribution < 1.29 is 14.6 Å². The summed E-state index contributed by atoms with van der Waals surface area (Å²) in [6, 6.07) is 3.00. The molecule has 4 heteroatoms. The highest BCUT2D eigenvalue weighted by Crippen LogP contribution is 2.33. The number of phenolic OH excluding ortho intramolecular Hbond substituents is 1. The third kappa shape index (κ3) is 2.22. The van der Waals surface area contributed by atoms with E-state index in [0.29, 0.717) is 5.69 Å². The van der Waals surface area contributed by atoms with Crippen LogP contribution in [0.1, 0.15) is 28.3 Å². The maximum atomic E-state index is 11.5. The molecule has 0 aromatic heterocycles. The summed E-state index contributed by atoms with van der Waals surface area (Å²) in [6.07, 6.45) is 8.79. The van der Waals surface area contributed by atoms with Crippen LogP contribution in [0.25, 0.3) is 0 Å². The van der Waals surface area contributed by atoms with E-state index in [-0.39, 0.29) is 17.2 Å². The zero-order valence-electron chi connectivity index (χ0n) is 10.1. The number of hydrogen-bond donors (Lipinski definition) is 2. The number of aromatic hydroxyl groups is 1. The predicted octanol–water partition coefficient (Wildman–Crippen LogP) is 2.36. The van der Waals surface area contributed by atoms with Gasteiger partial charge in [0, 0.05) is 17.7 Å². The standard InChI is InChI=1S/C14H15NO3/c1-18-14(17)11-7-10(12(15)8-13(11)16)9-5-3-2-4-6-9/h2-5,7-9,16H,6,15H2,1H3. The number of nitrogen functional groups attached to an aromatic ring is 1. The van der Waals surface area contributed by atoms with Gasteiger partial charge in [-0.3, -0.25) is 0 Å². The highest BCUT2D eigenvalue weighted by molar-refractivity contribution is 5.93. The van der Waals surface area contributed by atoms with Gasteiger partial charge in [-0.15, -0.1) is 0 Å². The minimum Gasteiger partial charge on any atom is -0.507 e. The summed E-state index contributed by atoms with van der Waals surface area (Å²) < 4.78 is 4.63. The quantitative estimate of drug-likeness (QED) is 0.619. The van der Waals surface area contributed by atoms with Crippen molar-refractivity contribution in [2.75, 3.05) is 12.8 Å². The summed E-state index contributed by atoms with van der Waals surface area (Å²) in [4.78, 5) is 11.5. The second kappa shape index (κ2) is 4.96. The molecule has 0 spiro atoms. The molecule has 0 radical (unpaired) electrons. The number of phenols is 1. The average Bonchev–Trinajstić information content (AvgIpc) is 2.39. The first-order valence-corrected chi connectivity index (χ1v) is 5.67. The number of anilines is 1. The van der Waals surface area contributed by atoms with E-state index in [4.69, 9.17) is 5.73 Å².